The van der Waals surface area contributed by atoms with E-state index in [9.17, 15) is 9.90 Å². The predicted octanol–water partition coefficient (Wildman–Crippen LogP) is 2.09. The zero-order valence-corrected chi connectivity index (χ0v) is 10.7. The van der Waals surface area contributed by atoms with Gasteiger partial charge in [0.05, 0.1) is 0 Å². The Hall–Kier alpha value is -1.35. The highest BCUT2D eigenvalue weighted by atomic mass is 16.4. The van der Waals surface area contributed by atoms with E-state index in [1.54, 1.807) is 0 Å². The molecule has 0 aromatic heterocycles. The molecule has 1 aromatic rings. The third-order valence-corrected chi connectivity index (χ3v) is 4.63. The van der Waals surface area contributed by atoms with Gasteiger partial charge in [-0.15, -0.1) is 0 Å². The number of benzene rings is 1. The number of rotatable bonds is 2. The first-order valence-corrected chi connectivity index (χ1v) is 6.68. The molecule has 1 saturated heterocycles. The van der Waals surface area contributed by atoms with Crippen molar-refractivity contribution in [2.75, 3.05) is 6.54 Å². The fraction of sp³-hybridized carbons (Fsp3) is 0.533. The Balaban J connectivity index is 1.84. The summed E-state index contributed by atoms with van der Waals surface area (Å²) in [5.74, 6) is -0.670. The maximum absolute atomic E-state index is 11.5. The molecular weight excluding hydrogens is 226 g/mol. The minimum Gasteiger partial charge on any atom is -0.480 e. The summed E-state index contributed by atoms with van der Waals surface area (Å²) in [6, 6.07) is 8.85. The van der Waals surface area contributed by atoms with E-state index in [0.29, 0.717) is 6.04 Å². The van der Waals surface area contributed by atoms with Crippen LogP contribution in [0.3, 0.4) is 0 Å². The lowest BCUT2D eigenvalue weighted by atomic mass is 9.97. The summed E-state index contributed by atoms with van der Waals surface area (Å²) < 4.78 is 0. The Morgan fingerprint density at radius 3 is 2.50 bits per heavy atom. The highest BCUT2D eigenvalue weighted by Gasteiger charge is 2.47. The van der Waals surface area contributed by atoms with Crippen LogP contribution in [0.1, 0.15) is 30.9 Å². The average Bonchev–Trinajstić information content (AvgIpc) is 2.92. The maximum Gasteiger partial charge on any atom is 0.323 e. The molecule has 18 heavy (non-hydrogen) atoms. The van der Waals surface area contributed by atoms with Gasteiger partial charge in [0.1, 0.15) is 5.54 Å². The van der Waals surface area contributed by atoms with Gasteiger partial charge >= 0.3 is 5.97 Å². The van der Waals surface area contributed by atoms with E-state index in [0.717, 1.165) is 32.2 Å². The topological polar surface area (TPSA) is 40.5 Å². The smallest absolute Gasteiger partial charge is 0.323 e. The number of nitrogens with zero attached hydrogens (tertiary/aromatic N) is 1. The molecule has 96 valence electrons. The van der Waals surface area contributed by atoms with Gasteiger partial charge in [0.15, 0.2) is 0 Å². The molecular formula is C15H19NO2. The monoisotopic (exact) mass is 245 g/mol. The largest absolute Gasteiger partial charge is 0.480 e. The first kappa shape index (κ1) is 11.7. The Bertz CT molecular complexity index is 460. The summed E-state index contributed by atoms with van der Waals surface area (Å²) in [5, 5.41) is 9.48. The number of carboxylic acid groups (broad SMARTS) is 1. The first-order valence-electron chi connectivity index (χ1n) is 6.68. The van der Waals surface area contributed by atoms with Crippen LogP contribution in [0.25, 0.3) is 0 Å². The van der Waals surface area contributed by atoms with Crippen molar-refractivity contribution in [2.24, 2.45) is 0 Å². The Labute approximate surface area is 107 Å². The van der Waals surface area contributed by atoms with Crippen molar-refractivity contribution < 1.29 is 9.90 Å². The van der Waals surface area contributed by atoms with Gasteiger partial charge in [-0.1, -0.05) is 24.3 Å². The number of fused-ring (bicyclic) bond motifs is 1. The molecule has 1 aliphatic carbocycles. The van der Waals surface area contributed by atoms with Gasteiger partial charge in [0, 0.05) is 6.04 Å². The molecule has 0 bridgehead atoms. The van der Waals surface area contributed by atoms with Crippen molar-refractivity contribution in [3.8, 4) is 0 Å². The fourth-order valence-electron chi connectivity index (χ4n) is 3.56. The zero-order chi connectivity index (χ0) is 12.8. The van der Waals surface area contributed by atoms with Gasteiger partial charge in [0.2, 0.25) is 0 Å². The minimum absolute atomic E-state index is 0.367. The third kappa shape index (κ3) is 1.65. The van der Waals surface area contributed by atoms with Gasteiger partial charge in [-0.05, 0) is 50.3 Å². The number of likely N-dealkylation sites (tertiary alicyclic amines) is 1. The number of hydrogen-bond donors (Lipinski definition) is 1. The highest BCUT2D eigenvalue weighted by molar-refractivity contribution is 5.78. The van der Waals surface area contributed by atoms with E-state index in [4.69, 9.17) is 0 Å². The molecule has 1 unspecified atom stereocenters. The second kappa shape index (κ2) is 4.09. The lowest BCUT2D eigenvalue weighted by molar-refractivity contribution is -0.149. The third-order valence-electron chi connectivity index (χ3n) is 4.63. The van der Waals surface area contributed by atoms with Crippen LogP contribution in [0.5, 0.6) is 0 Å². The van der Waals surface area contributed by atoms with Gasteiger partial charge in [0.25, 0.3) is 0 Å². The summed E-state index contributed by atoms with van der Waals surface area (Å²) in [5.41, 5.74) is 2.12. The first-order chi connectivity index (χ1) is 8.61. The average molecular weight is 245 g/mol. The van der Waals surface area contributed by atoms with Crippen molar-refractivity contribution in [3.05, 3.63) is 35.4 Å². The zero-order valence-electron chi connectivity index (χ0n) is 10.7. The van der Waals surface area contributed by atoms with Crippen molar-refractivity contribution >= 4 is 5.97 Å². The second-order valence-corrected chi connectivity index (χ2v) is 5.71. The molecule has 3 nitrogen and oxygen atoms in total. The van der Waals surface area contributed by atoms with E-state index in [1.165, 1.54) is 11.1 Å². The van der Waals surface area contributed by atoms with E-state index >= 15 is 0 Å². The predicted molar refractivity (Wildman–Crippen MR) is 69.6 cm³/mol. The molecule has 3 rings (SSSR count). The molecule has 1 aliphatic heterocycles. The summed E-state index contributed by atoms with van der Waals surface area (Å²) >= 11 is 0. The number of hydrogen-bond acceptors (Lipinski definition) is 2. The second-order valence-electron chi connectivity index (χ2n) is 5.71. The number of carbonyl (C=O) groups is 1. The molecule has 1 heterocycles. The normalized spacial score (nSPS) is 28.5. The molecule has 2 aliphatic rings. The van der Waals surface area contributed by atoms with Crippen LogP contribution in [0.4, 0.5) is 0 Å². The number of carboxylic acids is 1. The van der Waals surface area contributed by atoms with Crippen LogP contribution in [0.2, 0.25) is 0 Å². The van der Waals surface area contributed by atoms with Crippen LogP contribution in [0.15, 0.2) is 24.3 Å². The van der Waals surface area contributed by atoms with E-state index < -0.39 is 11.5 Å². The Morgan fingerprint density at radius 1 is 1.33 bits per heavy atom. The van der Waals surface area contributed by atoms with Crippen LogP contribution < -0.4 is 0 Å². The minimum atomic E-state index is -0.670. The molecule has 1 N–H and O–H groups in total. The molecule has 1 atom stereocenters. The van der Waals surface area contributed by atoms with Crippen LogP contribution in [-0.4, -0.2) is 34.1 Å². The highest BCUT2D eigenvalue weighted by Crippen LogP contribution is 2.36. The molecule has 0 saturated carbocycles. The maximum atomic E-state index is 11.5. The van der Waals surface area contributed by atoms with E-state index in [1.807, 2.05) is 6.92 Å². The summed E-state index contributed by atoms with van der Waals surface area (Å²) in [4.78, 5) is 13.7. The van der Waals surface area contributed by atoms with Crippen LogP contribution >= 0.6 is 0 Å². The molecule has 1 aromatic carbocycles. The molecule has 1 fully saturated rings. The van der Waals surface area contributed by atoms with Gasteiger partial charge in [-0.25, -0.2) is 0 Å². The molecule has 0 amide bonds. The Morgan fingerprint density at radius 2 is 1.94 bits per heavy atom. The van der Waals surface area contributed by atoms with Crippen molar-refractivity contribution in [1.82, 2.24) is 4.90 Å². The fourth-order valence-corrected chi connectivity index (χ4v) is 3.56. The SMILES string of the molecule is CC1(C(=O)O)CCCN1C1Cc2ccccc2C1. The van der Waals surface area contributed by atoms with Gasteiger partial charge in [-0.3, -0.25) is 9.69 Å². The van der Waals surface area contributed by atoms with E-state index in [-0.39, 0.29) is 0 Å². The van der Waals surface area contributed by atoms with Crippen LogP contribution in [-0.2, 0) is 17.6 Å². The molecule has 0 radical (unpaired) electrons. The Kier molecular flexibility index (Phi) is 2.67. The summed E-state index contributed by atoms with van der Waals surface area (Å²) in [6.45, 7) is 2.80. The standard InChI is InChI=1S/C15H19NO2/c1-15(14(17)18)7-4-8-16(15)13-9-11-5-2-3-6-12(11)10-13/h2-3,5-6,13H,4,7-10H2,1H3,(H,17,18). The van der Waals surface area contributed by atoms with Crippen molar-refractivity contribution in [2.45, 2.75) is 44.2 Å². The lowest BCUT2D eigenvalue weighted by Gasteiger charge is -2.36. The quantitative estimate of drug-likeness (QED) is 0.867. The lowest BCUT2D eigenvalue weighted by Crippen LogP contribution is -2.52. The van der Waals surface area contributed by atoms with E-state index in [2.05, 4.69) is 29.2 Å². The molecule has 3 heteroatoms. The van der Waals surface area contributed by atoms with Gasteiger partial charge in [-0.2, -0.15) is 0 Å². The summed E-state index contributed by atoms with van der Waals surface area (Å²) in [7, 11) is 0. The van der Waals surface area contributed by atoms with Crippen molar-refractivity contribution in [1.29, 1.82) is 0 Å². The van der Waals surface area contributed by atoms with Gasteiger partial charge < -0.3 is 5.11 Å². The number of aliphatic carboxylic acids is 1. The molecule has 0 spiro atoms. The summed E-state index contributed by atoms with van der Waals surface area (Å²) in [6.07, 6.45) is 3.77. The van der Waals surface area contributed by atoms with Crippen molar-refractivity contribution in [3.63, 3.8) is 0 Å². The van der Waals surface area contributed by atoms with Crippen LogP contribution in [0, 0.1) is 0 Å².